The second-order valence-electron chi connectivity index (χ2n) is 6.17. The van der Waals surface area contributed by atoms with Crippen LogP contribution in [0, 0.1) is 12.8 Å². The number of anilines is 2. The zero-order valence-corrected chi connectivity index (χ0v) is 15.9. The number of sulfonamides is 1. The number of carbonyl (C=O) groups excluding carboxylic acids is 1. The second-order valence-corrected chi connectivity index (χ2v) is 9.20. The third-order valence-electron chi connectivity index (χ3n) is 4.20. The molecule has 0 aromatic heterocycles. The molecule has 1 amide bonds. The number of nitrogens with zero attached hydrogens (tertiary/aromatic N) is 1. The third-order valence-corrected chi connectivity index (χ3v) is 7.32. The van der Waals surface area contributed by atoms with E-state index in [1.54, 1.807) is 36.0 Å². The van der Waals surface area contributed by atoms with Crippen molar-refractivity contribution in [3.63, 3.8) is 0 Å². The van der Waals surface area contributed by atoms with E-state index in [0.717, 1.165) is 10.5 Å². The van der Waals surface area contributed by atoms with Gasteiger partial charge in [0, 0.05) is 23.6 Å². The average Bonchev–Trinajstić information content (AvgIpc) is 2.73. The fraction of sp³-hybridized carbons (Fsp3) is 0.278. The first-order valence-electron chi connectivity index (χ1n) is 7.92. The van der Waals surface area contributed by atoms with E-state index in [0.29, 0.717) is 17.1 Å². The summed E-state index contributed by atoms with van der Waals surface area (Å²) >= 11 is 1.56. The smallest absolute Gasteiger partial charge is 0.264 e. The molecule has 1 N–H and O–H groups in total. The standard InChI is InChI=1S/C18H20N2O3S2/c1-12-4-6-14(7-5-12)20(3)25(22,23)15-8-9-17-16(10-15)19-18(21)13(2)11-24-17/h4-10,13H,11H2,1-3H3,(H,19,21)/t13-/m0/s1. The zero-order chi connectivity index (χ0) is 18.2. The topological polar surface area (TPSA) is 66.5 Å². The molecule has 0 spiro atoms. The maximum atomic E-state index is 12.9. The van der Waals surface area contributed by atoms with E-state index in [1.165, 1.54) is 17.4 Å². The van der Waals surface area contributed by atoms with Crippen molar-refractivity contribution in [2.24, 2.45) is 5.92 Å². The summed E-state index contributed by atoms with van der Waals surface area (Å²) in [6.45, 7) is 3.81. The molecule has 7 heteroatoms. The van der Waals surface area contributed by atoms with Crippen molar-refractivity contribution in [3.8, 4) is 0 Å². The lowest BCUT2D eigenvalue weighted by molar-refractivity contribution is -0.118. The van der Waals surface area contributed by atoms with Gasteiger partial charge in [-0.15, -0.1) is 11.8 Å². The minimum atomic E-state index is -3.71. The third kappa shape index (κ3) is 3.52. The molecule has 1 atom stereocenters. The summed E-state index contributed by atoms with van der Waals surface area (Å²) in [7, 11) is -2.18. The van der Waals surface area contributed by atoms with Crippen molar-refractivity contribution in [3.05, 3.63) is 48.0 Å². The zero-order valence-electron chi connectivity index (χ0n) is 14.3. The van der Waals surface area contributed by atoms with Gasteiger partial charge in [0.15, 0.2) is 0 Å². The van der Waals surface area contributed by atoms with E-state index in [1.807, 2.05) is 26.0 Å². The van der Waals surface area contributed by atoms with E-state index in [4.69, 9.17) is 0 Å². The molecule has 1 aliphatic rings. The van der Waals surface area contributed by atoms with Crippen molar-refractivity contribution < 1.29 is 13.2 Å². The Labute approximate surface area is 152 Å². The van der Waals surface area contributed by atoms with Crippen LogP contribution < -0.4 is 9.62 Å². The Morgan fingerprint density at radius 2 is 1.84 bits per heavy atom. The molecule has 0 radical (unpaired) electrons. The predicted molar refractivity (Wildman–Crippen MR) is 102 cm³/mol. The minimum Gasteiger partial charge on any atom is -0.325 e. The summed E-state index contributed by atoms with van der Waals surface area (Å²) in [4.78, 5) is 13.1. The largest absolute Gasteiger partial charge is 0.325 e. The van der Waals surface area contributed by atoms with Gasteiger partial charge in [-0.1, -0.05) is 24.6 Å². The molecule has 1 heterocycles. The van der Waals surface area contributed by atoms with Gasteiger partial charge in [-0.3, -0.25) is 9.10 Å². The normalized spacial score (nSPS) is 17.4. The molecule has 5 nitrogen and oxygen atoms in total. The molecule has 0 saturated carbocycles. The Balaban J connectivity index is 1.97. The fourth-order valence-electron chi connectivity index (χ4n) is 2.49. The summed E-state index contributed by atoms with van der Waals surface area (Å²) in [6.07, 6.45) is 0. The SMILES string of the molecule is Cc1ccc(N(C)S(=O)(=O)c2ccc3c(c2)NC(=O)[C@@H](C)CS3)cc1. The van der Waals surface area contributed by atoms with Crippen LogP contribution in [0.15, 0.2) is 52.3 Å². The van der Waals surface area contributed by atoms with Gasteiger partial charge in [0.05, 0.1) is 16.3 Å². The highest BCUT2D eigenvalue weighted by Crippen LogP contribution is 2.35. The molecular formula is C18H20N2O3S2. The van der Waals surface area contributed by atoms with Crippen molar-refractivity contribution in [2.45, 2.75) is 23.6 Å². The van der Waals surface area contributed by atoms with Crippen LogP contribution in [0.5, 0.6) is 0 Å². The van der Waals surface area contributed by atoms with Crippen LogP contribution >= 0.6 is 11.8 Å². The van der Waals surface area contributed by atoms with Crippen LogP contribution in [0.1, 0.15) is 12.5 Å². The maximum Gasteiger partial charge on any atom is 0.264 e. The minimum absolute atomic E-state index is 0.0901. The highest BCUT2D eigenvalue weighted by atomic mass is 32.2. The van der Waals surface area contributed by atoms with Crippen LogP contribution in [-0.2, 0) is 14.8 Å². The van der Waals surface area contributed by atoms with Crippen molar-refractivity contribution in [1.82, 2.24) is 0 Å². The maximum absolute atomic E-state index is 12.9. The molecule has 0 aliphatic carbocycles. The molecule has 1 aliphatic heterocycles. The van der Waals surface area contributed by atoms with Crippen LogP contribution in [0.4, 0.5) is 11.4 Å². The molecule has 0 unspecified atom stereocenters. The summed E-state index contributed by atoms with van der Waals surface area (Å²) in [5, 5.41) is 2.83. The summed E-state index contributed by atoms with van der Waals surface area (Å²) in [5.41, 5.74) is 2.21. The number of hydrogen-bond donors (Lipinski definition) is 1. The molecule has 0 fully saturated rings. The number of aryl methyl sites for hydroxylation is 1. The van der Waals surface area contributed by atoms with Gasteiger partial charge in [-0.25, -0.2) is 8.42 Å². The summed E-state index contributed by atoms with van der Waals surface area (Å²) in [6, 6.07) is 12.2. The fourth-order valence-corrected chi connectivity index (χ4v) is 4.72. The van der Waals surface area contributed by atoms with E-state index >= 15 is 0 Å². The predicted octanol–water partition coefficient (Wildman–Crippen LogP) is 3.50. The number of thioether (sulfide) groups is 1. The van der Waals surface area contributed by atoms with Gasteiger partial charge in [0.2, 0.25) is 5.91 Å². The highest BCUT2D eigenvalue weighted by molar-refractivity contribution is 7.99. The Kier molecular flexibility index (Phi) is 4.79. The molecular weight excluding hydrogens is 356 g/mol. The van der Waals surface area contributed by atoms with Gasteiger partial charge in [-0.05, 0) is 37.3 Å². The lowest BCUT2D eigenvalue weighted by atomic mass is 10.2. The van der Waals surface area contributed by atoms with Gasteiger partial charge in [-0.2, -0.15) is 0 Å². The van der Waals surface area contributed by atoms with E-state index < -0.39 is 10.0 Å². The van der Waals surface area contributed by atoms with Crippen LogP contribution in [0.3, 0.4) is 0 Å². The lowest BCUT2D eigenvalue weighted by Gasteiger charge is -2.20. The first-order valence-corrected chi connectivity index (χ1v) is 10.3. The quantitative estimate of drug-likeness (QED) is 0.890. The molecule has 3 rings (SSSR count). The Morgan fingerprint density at radius 1 is 1.16 bits per heavy atom. The first kappa shape index (κ1) is 17.8. The molecule has 0 bridgehead atoms. The number of amides is 1. The van der Waals surface area contributed by atoms with Gasteiger partial charge in [0.25, 0.3) is 10.0 Å². The molecule has 2 aromatic rings. The summed E-state index contributed by atoms with van der Waals surface area (Å²) < 4.78 is 27.1. The van der Waals surface area contributed by atoms with E-state index in [-0.39, 0.29) is 16.7 Å². The van der Waals surface area contributed by atoms with Gasteiger partial charge < -0.3 is 5.32 Å². The number of hydrogen-bond acceptors (Lipinski definition) is 4. The Morgan fingerprint density at radius 3 is 2.52 bits per heavy atom. The number of benzene rings is 2. The summed E-state index contributed by atoms with van der Waals surface area (Å²) in [5.74, 6) is 0.467. The van der Waals surface area contributed by atoms with Gasteiger partial charge >= 0.3 is 0 Å². The number of rotatable bonds is 3. The van der Waals surface area contributed by atoms with Gasteiger partial charge in [0.1, 0.15) is 0 Å². The number of nitrogens with one attached hydrogen (secondary N) is 1. The van der Waals surface area contributed by atoms with Crippen molar-refractivity contribution in [2.75, 3.05) is 22.4 Å². The first-order chi connectivity index (χ1) is 11.8. The lowest BCUT2D eigenvalue weighted by Crippen LogP contribution is -2.26. The number of fused-ring (bicyclic) bond motifs is 1. The van der Waals surface area contributed by atoms with Crippen molar-refractivity contribution in [1.29, 1.82) is 0 Å². The van der Waals surface area contributed by atoms with Crippen LogP contribution in [0.2, 0.25) is 0 Å². The number of carbonyl (C=O) groups is 1. The van der Waals surface area contributed by atoms with E-state index in [2.05, 4.69) is 5.32 Å². The average molecular weight is 377 g/mol. The van der Waals surface area contributed by atoms with E-state index in [9.17, 15) is 13.2 Å². The van der Waals surface area contributed by atoms with Crippen LogP contribution in [0.25, 0.3) is 0 Å². The Hall–Kier alpha value is -1.99. The second kappa shape index (κ2) is 6.72. The highest BCUT2D eigenvalue weighted by Gasteiger charge is 2.25. The molecule has 0 saturated heterocycles. The monoisotopic (exact) mass is 376 g/mol. The Bertz CT molecular complexity index is 908. The molecule has 2 aromatic carbocycles. The van der Waals surface area contributed by atoms with Crippen LogP contribution in [-0.4, -0.2) is 27.1 Å². The van der Waals surface area contributed by atoms with Crippen molar-refractivity contribution >= 4 is 39.1 Å². The molecule has 25 heavy (non-hydrogen) atoms. The molecule has 132 valence electrons.